The third-order valence-electron chi connectivity index (χ3n) is 4.28. The molecule has 5 rings (SSSR count). The zero-order valence-electron chi connectivity index (χ0n) is 13.5. The van der Waals surface area contributed by atoms with Gasteiger partial charge < -0.3 is 5.32 Å². The monoisotopic (exact) mass is 326 g/mol. The predicted molar refractivity (Wildman–Crippen MR) is 98.1 cm³/mol. The van der Waals surface area contributed by atoms with Gasteiger partial charge >= 0.3 is 0 Å². The Kier molecular flexibility index (Phi) is 2.90. The van der Waals surface area contributed by atoms with Gasteiger partial charge in [0.15, 0.2) is 0 Å². The van der Waals surface area contributed by atoms with Crippen molar-refractivity contribution in [2.24, 2.45) is 0 Å². The number of anilines is 2. The quantitative estimate of drug-likeness (QED) is 0.533. The smallest absolute Gasteiger partial charge is 0.139 e. The maximum atomic E-state index is 4.85. The summed E-state index contributed by atoms with van der Waals surface area (Å²) in [6.07, 6.45) is 8.92. The number of nitrogens with one attached hydrogen (secondary N) is 1. The molecule has 0 saturated carbocycles. The fraction of sp³-hybridized carbons (Fsp3) is 0.0526. The molecule has 4 aromatic heterocycles. The maximum absolute atomic E-state index is 4.85. The fourth-order valence-corrected chi connectivity index (χ4v) is 3.01. The minimum Gasteiger partial charge on any atom is -0.340 e. The highest BCUT2D eigenvalue weighted by Gasteiger charge is 2.14. The van der Waals surface area contributed by atoms with Crippen LogP contribution in [0.15, 0.2) is 61.3 Å². The standard InChI is InChI=1S/C19H14N6/c1-12-2-4-13(5-3-12)22-19-14-6-7-20-10-15(14)17-18(23-19)16-11-21-8-9-25(16)24-17/h2-11H,1H3,(H,22,23). The van der Waals surface area contributed by atoms with E-state index in [-0.39, 0.29) is 0 Å². The average molecular weight is 326 g/mol. The summed E-state index contributed by atoms with van der Waals surface area (Å²) >= 11 is 0. The van der Waals surface area contributed by atoms with E-state index in [1.54, 1.807) is 23.1 Å². The Hall–Kier alpha value is -3.54. The van der Waals surface area contributed by atoms with Gasteiger partial charge in [0, 0.05) is 41.2 Å². The third kappa shape index (κ3) is 2.19. The fourth-order valence-electron chi connectivity index (χ4n) is 3.01. The zero-order valence-corrected chi connectivity index (χ0v) is 13.5. The van der Waals surface area contributed by atoms with Crippen molar-refractivity contribution in [3.8, 4) is 0 Å². The Balaban J connectivity index is 1.81. The van der Waals surface area contributed by atoms with Gasteiger partial charge in [-0.05, 0) is 25.1 Å². The van der Waals surface area contributed by atoms with Crippen LogP contribution in [0.3, 0.4) is 0 Å². The highest BCUT2D eigenvalue weighted by molar-refractivity contribution is 6.12. The molecule has 0 radical (unpaired) electrons. The van der Waals surface area contributed by atoms with Crippen molar-refractivity contribution in [2.75, 3.05) is 5.32 Å². The molecule has 120 valence electrons. The Morgan fingerprint density at radius 1 is 0.880 bits per heavy atom. The van der Waals surface area contributed by atoms with Gasteiger partial charge in [-0.15, -0.1) is 0 Å². The van der Waals surface area contributed by atoms with Crippen molar-refractivity contribution in [1.82, 2.24) is 24.6 Å². The first-order valence-corrected chi connectivity index (χ1v) is 7.99. The molecular weight excluding hydrogens is 312 g/mol. The zero-order chi connectivity index (χ0) is 16.8. The Labute approximate surface area is 143 Å². The number of nitrogens with zero attached hydrogens (tertiary/aromatic N) is 5. The van der Waals surface area contributed by atoms with Crippen LogP contribution in [0.2, 0.25) is 0 Å². The lowest BCUT2D eigenvalue weighted by molar-refractivity contribution is 0.965. The van der Waals surface area contributed by atoms with E-state index in [4.69, 9.17) is 4.98 Å². The number of rotatable bonds is 2. The van der Waals surface area contributed by atoms with Gasteiger partial charge in [-0.2, -0.15) is 5.10 Å². The van der Waals surface area contributed by atoms with E-state index < -0.39 is 0 Å². The summed E-state index contributed by atoms with van der Waals surface area (Å²) < 4.78 is 1.80. The molecule has 0 amide bonds. The van der Waals surface area contributed by atoms with Gasteiger partial charge in [-0.25, -0.2) is 9.50 Å². The number of benzene rings is 1. The molecule has 4 heterocycles. The SMILES string of the molecule is Cc1ccc(Nc2nc3c(nn4ccncc34)c3cnccc23)cc1. The molecule has 6 nitrogen and oxygen atoms in total. The van der Waals surface area contributed by atoms with E-state index in [1.165, 1.54) is 5.56 Å². The van der Waals surface area contributed by atoms with E-state index in [9.17, 15) is 0 Å². The second kappa shape index (κ2) is 5.24. The number of aromatic nitrogens is 5. The van der Waals surface area contributed by atoms with E-state index >= 15 is 0 Å². The number of hydrogen-bond donors (Lipinski definition) is 1. The molecule has 0 unspecified atom stereocenters. The molecule has 0 saturated heterocycles. The Bertz CT molecular complexity index is 1220. The van der Waals surface area contributed by atoms with Crippen molar-refractivity contribution in [3.05, 3.63) is 66.9 Å². The second-order valence-corrected chi connectivity index (χ2v) is 5.98. The summed E-state index contributed by atoms with van der Waals surface area (Å²) in [4.78, 5) is 13.3. The Morgan fingerprint density at radius 2 is 1.72 bits per heavy atom. The van der Waals surface area contributed by atoms with Crippen LogP contribution in [-0.2, 0) is 0 Å². The van der Waals surface area contributed by atoms with Gasteiger partial charge in [0.05, 0.1) is 6.20 Å². The summed E-state index contributed by atoms with van der Waals surface area (Å²) in [5, 5.41) is 10.0. The third-order valence-corrected chi connectivity index (χ3v) is 4.28. The summed E-state index contributed by atoms with van der Waals surface area (Å²) in [5.74, 6) is 0.785. The molecule has 0 fully saturated rings. The van der Waals surface area contributed by atoms with Gasteiger partial charge in [-0.3, -0.25) is 9.97 Å². The number of fused-ring (bicyclic) bond motifs is 5. The minimum atomic E-state index is 0.785. The molecule has 25 heavy (non-hydrogen) atoms. The highest BCUT2D eigenvalue weighted by atomic mass is 15.2. The lowest BCUT2D eigenvalue weighted by Crippen LogP contribution is -1.96. The van der Waals surface area contributed by atoms with E-state index in [0.29, 0.717) is 0 Å². The summed E-state index contributed by atoms with van der Waals surface area (Å²) in [7, 11) is 0. The van der Waals surface area contributed by atoms with Crippen LogP contribution in [0.4, 0.5) is 11.5 Å². The van der Waals surface area contributed by atoms with Crippen LogP contribution >= 0.6 is 0 Å². The van der Waals surface area contributed by atoms with Crippen LogP contribution in [0.1, 0.15) is 5.56 Å². The molecule has 0 aliphatic heterocycles. The van der Waals surface area contributed by atoms with Crippen LogP contribution in [0.5, 0.6) is 0 Å². The van der Waals surface area contributed by atoms with Crippen molar-refractivity contribution >= 4 is 38.8 Å². The van der Waals surface area contributed by atoms with E-state index in [1.807, 2.05) is 30.6 Å². The van der Waals surface area contributed by atoms with Crippen LogP contribution < -0.4 is 5.32 Å². The Morgan fingerprint density at radius 3 is 2.60 bits per heavy atom. The van der Waals surface area contributed by atoms with Crippen molar-refractivity contribution in [2.45, 2.75) is 6.92 Å². The highest BCUT2D eigenvalue weighted by Crippen LogP contribution is 2.31. The molecular formula is C19H14N6. The molecule has 1 N–H and O–H groups in total. The minimum absolute atomic E-state index is 0.785. The van der Waals surface area contributed by atoms with E-state index in [2.05, 4.69) is 39.4 Å². The molecule has 6 heteroatoms. The molecule has 0 spiro atoms. The number of aryl methyl sites for hydroxylation is 1. The molecule has 0 aliphatic carbocycles. The lowest BCUT2D eigenvalue weighted by atomic mass is 10.1. The van der Waals surface area contributed by atoms with Gasteiger partial charge in [-0.1, -0.05) is 17.7 Å². The molecule has 1 aromatic carbocycles. The first-order chi connectivity index (χ1) is 12.3. The van der Waals surface area contributed by atoms with Crippen molar-refractivity contribution in [1.29, 1.82) is 0 Å². The molecule has 0 aliphatic rings. The van der Waals surface area contributed by atoms with Crippen LogP contribution in [-0.4, -0.2) is 24.6 Å². The maximum Gasteiger partial charge on any atom is 0.139 e. The summed E-state index contributed by atoms with van der Waals surface area (Å²) in [5.41, 5.74) is 4.71. The molecule has 0 bridgehead atoms. The van der Waals surface area contributed by atoms with Gasteiger partial charge in [0.2, 0.25) is 0 Å². The molecule has 5 aromatic rings. The lowest BCUT2D eigenvalue weighted by Gasteiger charge is -2.09. The van der Waals surface area contributed by atoms with E-state index in [0.717, 1.165) is 38.8 Å². The predicted octanol–water partition coefficient (Wildman–Crippen LogP) is 3.88. The first-order valence-electron chi connectivity index (χ1n) is 7.99. The largest absolute Gasteiger partial charge is 0.340 e. The van der Waals surface area contributed by atoms with Crippen LogP contribution in [0.25, 0.3) is 27.3 Å². The van der Waals surface area contributed by atoms with Crippen molar-refractivity contribution < 1.29 is 0 Å². The van der Waals surface area contributed by atoms with Crippen LogP contribution in [0, 0.1) is 6.92 Å². The van der Waals surface area contributed by atoms with Crippen molar-refractivity contribution in [3.63, 3.8) is 0 Å². The normalized spacial score (nSPS) is 11.4. The first kappa shape index (κ1) is 13.9. The van der Waals surface area contributed by atoms with Gasteiger partial charge in [0.25, 0.3) is 0 Å². The summed E-state index contributed by atoms with van der Waals surface area (Å²) in [6.45, 7) is 2.07. The average Bonchev–Trinajstić information content (AvgIpc) is 3.03. The number of pyridine rings is 2. The van der Waals surface area contributed by atoms with Gasteiger partial charge in [0.1, 0.15) is 22.4 Å². The second-order valence-electron chi connectivity index (χ2n) is 5.98. The molecule has 0 atom stereocenters. The topological polar surface area (TPSA) is 68.0 Å². The summed E-state index contributed by atoms with van der Waals surface area (Å²) in [6, 6.07) is 10.2. The number of hydrogen-bond acceptors (Lipinski definition) is 5.